The van der Waals surface area contributed by atoms with Crippen molar-refractivity contribution in [2.75, 3.05) is 13.1 Å². The molecule has 0 amide bonds. The molecule has 3 rings (SSSR count). The molecule has 1 aliphatic heterocycles. The second-order valence-corrected chi connectivity index (χ2v) is 6.31. The Hall–Kier alpha value is -1.46. The molecule has 2 aromatic rings. The third-order valence-electron chi connectivity index (χ3n) is 4.14. The molecular weight excluding hydrogens is 257 g/mol. The van der Waals surface area contributed by atoms with Crippen LogP contribution in [0.15, 0.2) is 22.6 Å². The van der Waals surface area contributed by atoms with Crippen molar-refractivity contribution in [3.05, 3.63) is 29.9 Å². The zero-order valence-corrected chi connectivity index (χ0v) is 11.9. The molecule has 0 saturated carbocycles. The predicted octanol–water partition coefficient (Wildman–Crippen LogP) is 2.53. The second-order valence-electron chi connectivity index (χ2n) is 6.31. The summed E-state index contributed by atoms with van der Waals surface area (Å²) in [6.07, 6.45) is 0.974. The lowest BCUT2D eigenvalue weighted by atomic mass is 9.80. The molecule has 1 fully saturated rings. The van der Waals surface area contributed by atoms with Crippen LogP contribution in [0, 0.1) is 11.2 Å². The number of benzene rings is 1. The first-order chi connectivity index (χ1) is 9.44. The molecule has 1 aromatic heterocycles. The van der Waals surface area contributed by atoms with Crippen LogP contribution in [-0.2, 0) is 6.54 Å². The minimum absolute atomic E-state index is 0.0936. The van der Waals surface area contributed by atoms with Gasteiger partial charge >= 0.3 is 0 Å². The fraction of sp³-hybridized carbons (Fsp3) is 0.533. The number of oxazole rings is 1. The summed E-state index contributed by atoms with van der Waals surface area (Å²) in [5.41, 5.74) is 7.44. The van der Waals surface area contributed by atoms with Gasteiger partial charge in [0.1, 0.15) is 11.3 Å². The Morgan fingerprint density at radius 2 is 2.30 bits per heavy atom. The largest absolute Gasteiger partial charge is 0.439 e. The smallest absolute Gasteiger partial charge is 0.209 e. The van der Waals surface area contributed by atoms with Crippen LogP contribution in [0.4, 0.5) is 4.39 Å². The Labute approximate surface area is 117 Å². The van der Waals surface area contributed by atoms with Gasteiger partial charge in [-0.15, -0.1) is 0 Å². The van der Waals surface area contributed by atoms with Crippen molar-refractivity contribution < 1.29 is 8.81 Å². The summed E-state index contributed by atoms with van der Waals surface area (Å²) in [6, 6.07) is 4.65. The van der Waals surface area contributed by atoms with E-state index in [4.69, 9.17) is 10.2 Å². The number of fused-ring (bicyclic) bond motifs is 1. The Balaban J connectivity index is 1.76. The molecule has 1 atom stereocenters. The van der Waals surface area contributed by atoms with Gasteiger partial charge in [-0.1, -0.05) is 13.8 Å². The summed E-state index contributed by atoms with van der Waals surface area (Å²) in [5.74, 6) is 0.347. The Kier molecular flexibility index (Phi) is 3.26. The van der Waals surface area contributed by atoms with Gasteiger partial charge in [-0.25, -0.2) is 9.37 Å². The van der Waals surface area contributed by atoms with E-state index in [1.807, 2.05) is 0 Å². The van der Waals surface area contributed by atoms with Crippen LogP contribution in [0.2, 0.25) is 0 Å². The minimum atomic E-state index is -0.289. The number of hydrogen-bond acceptors (Lipinski definition) is 4. The zero-order chi connectivity index (χ0) is 14.3. The summed E-state index contributed by atoms with van der Waals surface area (Å²) in [4.78, 5) is 6.65. The van der Waals surface area contributed by atoms with Crippen LogP contribution in [0.25, 0.3) is 11.1 Å². The lowest BCUT2D eigenvalue weighted by Gasteiger charge is -2.42. The highest BCUT2D eigenvalue weighted by atomic mass is 19.1. The van der Waals surface area contributed by atoms with Crippen molar-refractivity contribution in [1.82, 2.24) is 9.88 Å². The first-order valence-electron chi connectivity index (χ1n) is 6.97. The molecule has 4 nitrogen and oxygen atoms in total. The van der Waals surface area contributed by atoms with E-state index < -0.39 is 0 Å². The van der Waals surface area contributed by atoms with E-state index in [-0.39, 0.29) is 17.3 Å². The predicted molar refractivity (Wildman–Crippen MR) is 75.6 cm³/mol. The normalized spacial score (nSPS) is 23.3. The van der Waals surface area contributed by atoms with Crippen molar-refractivity contribution in [2.24, 2.45) is 11.1 Å². The third-order valence-corrected chi connectivity index (χ3v) is 4.14. The standard InChI is InChI=1S/C15H20FN3O/c1-15(2)9-19(6-5-13(15)17)8-14-18-11-7-10(16)3-4-12(11)20-14/h3-4,7,13H,5-6,8-9,17H2,1-2H3. The van der Waals surface area contributed by atoms with Crippen molar-refractivity contribution in [3.8, 4) is 0 Å². The first kappa shape index (κ1) is 13.5. The lowest BCUT2D eigenvalue weighted by Crippen LogP contribution is -2.52. The number of nitrogens with two attached hydrogens (primary N) is 1. The number of nitrogens with zero attached hydrogens (tertiary/aromatic N) is 2. The third kappa shape index (κ3) is 2.55. The molecule has 1 saturated heterocycles. The van der Waals surface area contributed by atoms with E-state index in [2.05, 4.69) is 23.7 Å². The number of likely N-dealkylation sites (tertiary alicyclic amines) is 1. The van der Waals surface area contributed by atoms with Gasteiger partial charge in [0.05, 0.1) is 6.54 Å². The number of halogens is 1. The summed E-state index contributed by atoms with van der Waals surface area (Å²) in [7, 11) is 0. The summed E-state index contributed by atoms with van der Waals surface area (Å²) in [5, 5.41) is 0. The van der Waals surface area contributed by atoms with Crippen LogP contribution < -0.4 is 5.73 Å². The van der Waals surface area contributed by atoms with Gasteiger partial charge in [0, 0.05) is 25.2 Å². The highest BCUT2D eigenvalue weighted by molar-refractivity contribution is 5.72. The van der Waals surface area contributed by atoms with Gasteiger partial charge < -0.3 is 10.2 Å². The van der Waals surface area contributed by atoms with E-state index in [0.29, 0.717) is 23.5 Å². The molecule has 1 unspecified atom stereocenters. The van der Waals surface area contributed by atoms with E-state index in [0.717, 1.165) is 19.5 Å². The van der Waals surface area contributed by atoms with Crippen molar-refractivity contribution in [1.29, 1.82) is 0 Å². The van der Waals surface area contributed by atoms with Gasteiger partial charge in [-0.3, -0.25) is 4.90 Å². The second kappa shape index (κ2) is 4.82. The highest BCUT2D eigenvalue weighted by Gasteiger charge is 2.33. The Morgan fingerprint density at radius 3 is 3.05 bits per heavy atom. The topological polar surface area (TPSA) is 55.3 Å². The van der Waals surface area contributed by atoms with Gasteiger partial charge in [0.15, 0.2) is 5.58 Å². The molecule has 0 radical (unpaired) electrons. The average Bonchev–Trinajstić information content (AvgIpc) is 2.75. The fourth-order valence-electron chi connectivity index (χ4n) is 2.83. The first-order valence-corrected chi connectivity index (χ1v) is 6.97. The molecule has 2 N–H and O–H groups in total. The van der Waals surface area contributed by atoms with Gasteiger partial charge in [0.2, 0.25) is 5.89 Å². The highest BCUT2D eigenvalue weighted by Crippen LogP contribution is 2.29. The van der Waals surface area contributed by atoms with Gasteiger partial charge in [-0.2, -0.15) is 0 Å². The summed E-state index contributed by atoms with van der Waals surface area (Å²) < 4.78 is 18.8. The zero-order valence-electron chi connectivity index (χ0n) is 11.9. The van der Waals surface area contributed by atoms with E-state index >= 15 is 0 Å². The monoisotopic (exact) mass is 277 g/mol. The molecule has 2 heterocycles. The Bertz CT molecular complexity index is 623. The van der Waals surface area contributed by atoms with Crippen LogP contribution in [-0.4, -0.2) is 29.0 Å². The quantitative estimate of drug-likeness (QED) is 0.916. The molecule has 0 bridgehead atoms. The van der Waals surface area contributed by atoms with E-state index in [9.17, 15) is 4.39 Å². The SMILES string of the molecule is CC1(C)CN(Cc2nc3cc(F)ccc3o2)CCC1N. The number of aromatic nitrogens is 1. The maximum atomic E-state index is 13.1. The Morgan fingerprint density at radius 1 is 1.50 bits per heavy atom. The summed E-state index contributed by atoms with van der Waals surface area (Å²) >= 11 is 0. The number of hydrogen-bond donors (Lipinski definition) is 1. The molecular formula is C15H20FN3O. The molecule has 5 heteroatoms. The van der Waals surface area contributed by atoms with E-state index in [1.54, 1.807) is 6.07 Å². The van der Waals surface area contributed by atoms with Gasteiger partial charge in [-0.05, 0) is 24.0 Å². The lowest BCUT2D eigenvalue weighted by molar-refractivity contribution is 0.0835. The van der Waals surface area contributed by atoms with Crippen LogP contribution >= 0.6 is 0 Å². The van der Waals surface area contributed by atoms with Crippen LogP contribution in [0.5, 0.6) is 0 Å². The molecule has 1 aliphatic rings. The van der Waals surface area contributed by atoms with Gasteiger partial charge in [0.25, 0.3) is 0 Å². The number of piperidine rings is 1. The van der Waals surface area contributed by atoms with Crippen molar-refractivity contribution in [3.63, 3.8) is 0 Å². The maximum absolute atomic E-state index is 13.1. The molecule has 20 heavy (non-hydrogen) atoms. The van der Waals surface area contributed by atoms with Crippen LogP contribution in [0.3, 0.4) is 0 Å². The maximum Gasteiger partial charge on any atom is 0.209 e. The van der Waals surface area contributed by atoms with Crippen molar-refractivity contribution >= 4 is 11.1 Å². The molecule has 0 spiro atoms. The summed E-state index contributed by atoms with van der Waals surface area (Å²) in [6.45, 7) is 6.88. The van der Waals surface area contributed by atoms with E-state index in [1.165, 1.54) is 12.1 Å². The molecule has 1 aromatic carbocycles. The fourth-order valence-corrected chi connectivity index (χ4v) is 2.83. The number of rotatable bonds is 2. The molecule has 108 valence electrons. The molecule has 0 aliphatic carbocycles. The van der Waals surface area contributed by atoms with Crippen LogP contribution in [0.1, 0.15) is 26.2 Å². The minimum Gasteiger partial charge on any atom is -0.439 e. The van der Waals surface area contributed by atoms with Crippen molar-refractivity contribution in [2.45, 2.75) is 32.9 Å². The average molecular weight is 277 g/mol.